The number of benzene rings is 1. The molecule has 0 heterocycles. The molecule has 112 valence electrons. The Balaban J connectivity index is 2.15. The maximum absolute atomic E-state index is 6.51. The highest BCUT2D eigenvalue weighted by Crippen LogP contribution is 2.34. The first kappa shape index (κ1) is 15.7. The van der Waals surface area contributed by atoms with E-state index in [9.17, 15) is 0 Å². The molecule has 1 saturated carbocycles. The summed E-state index contributed by atoms with van der Waals surface area (Å²) < 4.78 is 0. The lowest BCUT2D eigenvalue weighted by Crippen LogP contribution is -2.35. The van der Waals surface area contributed by atoms with E-state index in [4.69, 9.17) is 11.6 Å². The van der Waals surface area contributed by atoms with E-state index in [-0.39, 0.29) is 0 Å². The third-order valence-electron chi connectivity index (χ3n) is 4.74. The van der Waals surface area contributed by atoms with Gasteiger partial charge in [-0.3, -0.25) is 0 Å². The standard InChI is InChI=1S/C17H27ClN2/c1-12-6-5-7-15(10-12)20(4)17-9-8-14(11-16(17)18)13(2)19-3/h8-9,11-13,15,19H,5-7,10H2,1-4H3. The van der Waals surface area contributed by atoms with Gasteiger partial charge in [0.15, 0.2) is 0 Å². The molecule has 0 aliphatic heterocycles. The summed E-state index contributed by atoms with van der Waals surface area (Å²) in [7, 11) is 4.16. The van der Waals surface area contributed by atoms with Crippen molar-refractivity contribution in [1.82, 2.24) is 5.32 Å². The van der Waals surface area contributed by atoms with Crippen LogP contribution >= 0.6 is 11.6 Å². The summed E-state index contributed by atoms with van der Waals surface area (Å²) in [5.41, 5.74) is 2.41. The van der Waals surface area contributed by atoms with Crippen LogP contribution in [0.15, 0.2) is 18.2 Å². The van der Waals surface area contributed by atoms with E-state index in [1.54, 1.807) is 0 Å². The van der Waals surface area contributed by atoms with Gasteiger partial charge >= 0.3 is 0 Å². The summed E-state index contributed by atoms with van der Waals surface area (Å²) in [6.45, 7) is 4.51. The molecule has 1 aromatic carbocycles. The van der Waals surface area contributed by atoms with Gasteiger partial charge in [0.2, 0.25) is 0 Å². The van der Waals surface area contributed by atoms with Gasteiger partial charge in [-0.1, -0.05) is 37.4 Å². The minimum atomic E-state index is 0.335. The summed E-state index contributed by atoms with van der Waals surface area (Å²) in [6, 6.07) is 7.42. The molecule has 2 rings (SSSR count). The molecule has 0 aromatic heterocycles. The zero-order valence-corrected chi connectivity index (χ0v) is 13.9. The summed E-state index contributed by atoms with van der Waals surface area (Å²) in [5, 5.41) is 4.12. The van der Waals surface area contributed by atoms with Gasteiger partial charge in [0.05, 0.1) is 10.7 Å². The maximum atomic E-state index is 6.51. The number of halogens is 1. The van der Waals surface area contributed by atoms with Crippen LogP contribution < -0.4 is 10.2 Å². The second kappa shape index (κ2) is 6.82. The fraction of sp³-hybridized carbons (Fsp3) is 0.647. The molecule has 20 heavy (non-hydrogen) atoms. The molecule has 1 aliphatic carbocycles. The Morgan fingerprint density at radius 3 is 2.70 bits per heavy atom. The Morgan fingerprint density at radius 2 is 2.10 bits per heavy atom. The van der Waals surface area contributed by atoms with Gasteiger partial charge in [0.25, 0.3) is 0 Å². The predicted molar refractivity (Wildman–Crippen MR) is 88.7 cm³/mol. The van der Waals surface area contributed by atoms with Gasteiger partial charge in [-0.2, -0.15) is 0 Å². The first-order chi connectivity index (χ1) is 9.52. The summed E-state index contributed by atoms with van der Waals surface area (Å²) in [5.74, 6) is 0.832. The molecule has 3 heteroatoms. The van der Waals surface area contributed by atoms with E-state index in [0.29, 0.717) is 12.1 Å². The molecule has 0 amide bonds. The van der Waals surface area contributed by atoms with Crippen molar-refractivity contribution in [1.29, 1.82) is 0 Å². The fourth-order valence-corrected chi connectivity index (χ4v) is 3.52. The maximum Gasteiger partial charge on any atom is 0.0642 e. The fourth-order valence-electron chi connectivity index (χ4n) is 3.20. The lowest BCUT2D eigenvalue weighted by atomic mass is 9.86. The van der Waals surface area contributed by atoms with E-state index in [0.717, 1.165) is 16.6 Å². The van der Waals surface area contributed by atoms with Crippen LogP contribution in [0.3, 0.4) is 0 Å². The Labute approximate surface area is 128 Å². The smallest absolute Gasteiger partial charge is 0.0642 e. The molecular weight excluding hydrogens is 268 g/mol. The van der Waals surface area contributed by atoms with Crippen molar-refractivity contribution in [2.24, 2.45) is 5.92 Å². The average Bonchev–Trinajstić information content (AvgIpc) is 2.45. The summed E-state index contributed by atoms with van der Waals surface area (Å²) in [6.07, 6.45) is 5.27. The van der Waals surface area contributed by atoms with Crippen molar-refractivity contribution < 1.29 is 0 Å². The number of anilines is 1. The average molecular weight is 295 g/mol. The highest BCUT2D eigenvalue weighted by Gasteiger charge is 2.23. The number of nitrogens with zero attached hydrogens (tertiary/aromatic N) is 1. The van der Waals surface area contributed by atoms with Crippen molar-refractivity contribution in [2.75, 3.05) is 19.0 Å². The molecule has 0 spiro atoms. The highest BCUT2D eigenvalue weighted by atomic mass is 35.5. The van der Waals surface area contributed by atoms with Gasteiger partial charge in [0, 0.05) is 19.1 Å². The zero-order chi connectivity index (χ0) is 14.7. The summed E-state index contributed by atoms with van der Waals surface area (Å²) in [4.78, 5) is 2.38. The molecule has 1 N–H and O–H groups in total. The van der Waals surface area contributed by atoms with Gasteiger partial charge in [-0.05, 0) is 50.4 Å². The first-order valence-corrected chi connectivity index (χ1v) is 8.10. The Morgan fingerprint density at radius 1 is 1.35 bits per heavy atom. The van der Waals surface area contributed by atoms with E-state index < -0.39 is 0 Å². The molecule has 0 bridgehead atoms. The SMILES string of the molecule is CNC(C)c1ccc(N(C)C2CCCC(C)C2)c(Cl)c1. The topological polar surface area (TPSA) is 15.3 Å². The number of hydrogen-bond acceptors (Lipinski definition) is 2. The number of hydrogen-bond donors (Lipinski definition) is 1. The van der Waals surface area contributed by atoms with Crippen molar-refractivity contribution in [2.45, 2.75) is 51.6 Å². The predicted octanol–water partition coefficient (Wildman–Crippen LogP) is 4.64. The van der Waals surface area contributed by atoms with Crippen molar-refractivity contribution >= 4 is 17.3 Å². The van der Waals surface area contributed by atoms with Crippen LogP contribution in [0.25, 0.3) is 0 Å². The number of rotatable bonds is 4. The first-order valence-electron chi connectivity index (χ1n) is 7.72. The van der Waals surface area contributed by atoms with Gasteiger partial charge in [-0.15, -0.1) is 0 Å². The van der Waals surface area contributed by atoms with Crippen LogP contribution in [-0.2, 0) is 0 Å². The van der Waals surface area contributed by atoms with Crippen molar-refractivity contribution in [3.8, 4) is 0 Å². The van der Waals surface area contributed by atoms with Gasteiger partial charge < -0.3 is 10.2 Å². The number of nitrogens with one attached hydrogen (secondary N) is 1. The van der Waals surface area contributed by atoms with Crippen molar-refractivity contribution in [3.05, 3.63) is 28.8 Å². The molecule has 0 saturated heterocycles. The largest absolute Gasteiger partial charge is 0.370 e. The van der Waals surface area contributed by atoms with Gasteiger partial charge in [0.1, 0.15) is 0 Å². The second-order valence-electron chi connectivity index (χ2n) is 6.26. The summed E-state index contributed by atoms with van der Waals surface area (Å²) >= 11 is 6.51. The van der Waals surface area contributed by atoms with Crippen molar-refractivity contribution in [3.63, 3.8) is 0 Å². The minimum absolute atomic E-state index is 0.335. The van der Waals surface area contributed by atoms with Crippen LogP contribution in [0, 0.1) is 5.92 Å². The van der Waals surface area contributed by atoms with Crippen LogP contribution in [0.5, 0.6) is 0 Å². The molecule has 3 atom stereocenters. The Hall–Kier alpha value is -0.730. The van der Waals surface area contributed by atoms with E-state index in [1.165, 1.54) is 31.2 Å². The van der Waals surface area contributed by atoms with Crippen LogP contribution in [0.4, 0.5) is 5.69 Å². The van der Waals surface area contributed by atoms with Gasteiger partial charge in [-0.25, -0.2) is 0 Å². The monoisotopic (exact) mass is 294 g/mol. The van der Waals surface area contributed by atoms with Crippen LogP contribution in [0.1, 0.15) is 51.1 Å². The van der Waals surface area contributed by atoms with E-state index >= 15 is 0 Å². The van der Waals surface area contributed by atoms with E-state index in [2.05, 4.69) is 49.3 Å². The third kappa shape index (κ3) is 3.48. The Kier molecular flexibility index (Phi) is 5.34. The molecule has 1 fully saturated rings. The quantitative estimate of drug-likeness (QED) is 0.870. The molecule has 2 nitrogen and oxygen atoms in total. The highest BCUT2D eigenvalue weighted by molar-refractivity contribution is 6.33. The van der Waals surface area contributed by atoms with E-state index in [1.807, 2.05) is 7.05 Å². The molecule has 1 aromatic rings. The lowest BCUT2D eigenvalue weighted by Gasteiger charge is -2.36. The second-order valence-corrected chi connectivity index (χ2v) is 6.66. The zero-order valence-electron chi connectivity index (χ0n) is 13.1. The third-order valence-corrected chi connectivity index (χ3v) is 5.04. The molecule has 3 unspecified atom stereocenters. The van der Waals surface area contributed by atoms with Crippen LogP contribution in [-0.4, -0.2) is 20.1 Å². The molecular formula is C17H27ClN2. The molecule has 0 radical (unpaired) electrons. The Bertz CT molecular complexity index is 447. The minimum Gasteiger partial charge on any atom is -0.370 e. The van der Waals surface area contributed by atoms with Crippen LogP contribution in [0.2, 0.25) is 5.02 Å². The lowest BCUT2D eigenvalue weighted by molar-refractivity contribution is 0.336. The molecule has 1 aliphatic rings. The normalized spacial score (nSPS) is 24.4.